The zero-order valence-electron chi connectivity index (χ0n) is 16.4. The second-order valence-electron chi connectivity index (χ2n) is 7.50. The van der Waals surface area contributed by atoms with Gasteiger partial charge in [-0.2, -0.15) is 0 Å². The Morgan fingerprint density at radius 1 is 1.19 bits per heavy atom. The van der Waals surface area contributed by atoms with Crippen LogP contribution in [0.15, 0.2) is 11.1 Å². The Hall–Kier alpha value is -0.950. The van der Waals surface area contributed by atoms with E-state index < -0.39 is 0 Å². The summed E-state index contributed by atoms with van der Waals surface area (Å²) in [5.74, 6) is 0.807. The molecular formula is C19H31Cl2N5O. The van der Waals surface area contributed by atoms with Gasteiger partial charge in [0.1, 0.15) is 5.15 Å². The van der Waals surface area contributed by atoms with E-state index in [1.807, 2.05) is 24.7 Å². The summed E-state index contributed by atoms with van der Waals surface area (Å²) in [5.41, 5.74) is 1.23. The van der Waals surface area contributed by atoms with Gasteiger partial charge in [0, 0.05) is 45.0 Å². The topological polar surface area (TPSA) is 53.8 Å². The van der Waals surface area contributed by atoms with Crippen molar-refractivity contribution in [1.82, 2.24) is 20.1 Å². The quantitative estimate of drug-likeness (QED) is 0.573. The van der Waals surface area contributed by atoms with Crippen LogP contribution in [0, 0.1) is 0 Å². The van der Waals surface area contributed by atoms with Gasteiger partial charge in [-0.05, 0) is 18.9 Å². The normalized spacial score (nSPS) is 21.3. The van der Waals surface area contributed by atoms with E-state index in [9.17, 15) is 0 Å². The predicted octanol–water partition coefficient (Wildman–Crippen LogP) is 3.03. The molecule has 0 amide bonds. The van der Waals surface area contributed by atoms with E-state index in [1.165, 1.54) is 32.1 Å². The summed E-state index contributed by atoms with van der Waals surface area (Å²) in [6.07, 6.45) is 6.41. The zero-order chi connectivity index (χ0) is 19.3. The Balaban J connectivity index is 1.60. The minimum Gasteiger partial charge on any atom is -0.379 e. The van der Waals surface area contributed by atoms with Crippen molar-refractivity contribution in [2.75, 3.05) is 39.9 Å². The number of hydrogen-bond acceptors (Lipinski definition) is 3. The first-order valence-corrected chi connectivity index (χ1v) is 10.6. The maximum atomic E-state index is 6.16. The predicted molar refractivity (Wildman–Crippen MR) is 112 cm³/mol. The molecule has 27 heavy (non-hydrogen) atoms. The molecule has 1 saturated carbocycles. The molecule has 6 nitrogen and oxygen atoms in total. The van der Waals surface area contributed by atoms with Gasteiger partial charge < -0.3 is 19.9 Å². The molecule has 2 fully saturated rings. The summed E-state index contributed by atoms with van der Waals surface area (Å²) in [6, 6.07) is 1.89. The van der Waals surface area contributed by atoms with Crippen LogP contribution in [0.1, 0.15) is 37.8 Å². The maximum absolute atomic E-state index is 6.16. The molecule has 2 N–H and O–H groups in total. The lowest BCUT2D eigenvalue weighted by molar-refractivity contribution is -0.0352. The Morgan fingerprint density at radius 3 is 2.48 bits per heavy atom. The van der Waals surface area contributed by atoms with Crippen LogP contribution >= 0.6 is 23.2 Å². The van der Waals surface area contributed by atoms with Crippen molar-refractivity contribution in [3.63, 3.8) is 0 Å². The molecule has 0 atom stereocenters. The standard InChI is InChI=1S/C19H31Cl2N5O/c1-22-18(23-13-15-12-16(20)17(21)25(15)2)24-14-19(6-4-3-5-7-19)26-8-10-27-11-9-26/h12H,3-11,13-14H2,1-2H3,(H2,22,23,24). The highest BCUT2D eigenvalue weighted by atomic mass is 35.5. The fourth-order valence-corrected chi connectivity index (χ4v) is 4.67. The van der Waals surface area contributed by atoms with Gasteiger partial charge in [0.25, 0.3) is 0 Å². The second kappa shape index (κ2) is 9.50. The van der Waals surface area contributed by atoms with Gasteiger partial charge in [-0.15, -0.1) is 0 Å². The van der Waals surface area contributed by atoms with E-state index in [4.69, 9.17) is 27.9 Å². The first kappa shape index (κ1) is 20.8. The lowest BCUT2D eigenvalue weighted by Gasteiger charge is -2.48. The van der Waals surface area contributed by atoms with Gasteiger partial charge >= 0.3 is 0 Å². The largest absolute Gasteiger partial charge is 0.379 e. The van der Waals surface area contributed by atoms with Crippen LogP contribution in [0.3, 0.4) is 0 Å². The monoisotopic (exact) mass is 415 g/mol. The Kier molecular flexibility index (Phi) is 7.31. The number of aromatic nitrogens is 1. The van der Waals surface area contributed by atoms with E-state index in [-0.39, 0.29) is 5.54 Å². The number of guanidine groups is 1. The fraction of sp³-hybridized carbons (Fsp3) is 0.737. The summed E-state index contributed by atoms with van der Waals surface area (Å²) in [7, 11) is 3.72. The fourth-order valence-electron chi connectivity index (χ4n) is 4.25. The summed E-state index contributed by atoms with van der Waals surface area (Å²) in [4.78, 5) is 7.03. The van der Waals surface area contributed by atoms with Gasteiger partial charge in [0.2, 0.25) is 0 Å². The molecular weight excluding hydrogens is 385 g/mol. The molecule has 1 aliphatic carbocycles. The van der Waals surface area contributed by atoms with Crippen molar-refractivity contribution >= 4 is 29.2 Å². The molecule has 0 unspecified atom stereocenters. The summed E-state index contributed by atoms with van der Waals surface area (Å²) in [6.45, 7) is 5.24. The van der Waals surface area contributed by atoms with Gasteiger partial charge in [-0.1, -0.05) is 42.5 Å². The van der Waals surface area contributed by atoms with Crippen molar-refractivity contribution in [3.05, 3.63) is 21.9 Å². The Morgan fingerprint density at radius 2 is 1.89 bits per heavy atom. The van der Waals surface area contributed by atoms with Crippen molar-refractivity contribution in [3.8, 4) is 0 Å². The molecule has 0 aromatic carbocycles. The maximum Gasteiger partial charge on any atom is 0.191 e. The van der Waals surface area contributed by atoms with Crippen molar-refractivity contribution in [1.29, 1.82) is 0 Å². The number of ether oxygens (including phenoxy) is 1. The highest BCUT2D eigenvalue weighted by Crippen LogP contribution is 2.33. The first-order chi connectivity index (χ1) is 13.1. The molecule has 1 aliphatic heterocycles. The average Bonchev–Trinajstić information content (AvgIpc) is 2.96. The molecule has 0 radical (unpaired) electrons. The lowest BCUT2D eigenvalue weighted by Crippen LogP contribution is -2.60. The van der Waals surface area contributed by atoms with Crippen LogP contribution < -0.4 is 10.6 Å². The number of aliphatic imine (C=N–C) groups is 1. The molecule has 0 spiro atoms. The summed E-state index contributed by atoms with van der Waals surface area (Å²) in [5, 5.41) is 8.09. The SMILES string of the molecule is CN=C(NCc1cc(Cl)c(Cl)n1C)NCC1(N2CCOCC2)CCCCC1. The third-order valence-electron chi connectivity index (χ3n) is 5.93. The number of morpholine rings is 1. The van der Waals surface area contributed by atoms with Crippen molar-refractivity contribution in [2.45, 2.75) is 44.2 Å². The molecule has 0 bridgehead atoms. The number of halogens is 2. The molecule has 3 rings (SSSR count). The number of nitrogens with one attached hydrogen (secondary N) is 2. The van der Waals surface area contributed by atoms with E-state index in [0.717, 1.165) is 44.5 Å². The zero-order valence-corrected chi connectivity index (χ0v) is 17.9. The van der Waals surface area contributed by atoms with E-state index in [1.54, 1.807) is 0 Å². The minimum atomic E-state index is 0.206. The van der Waals surface area contributed by atoms with Gasteiger partial charge in [-0.25, -0.2) is 0 Å². The van der Waals surface area contributed by atoms with Gasteiger partial charge in [0.05, 0.1) is 24.8 Å². The van der Waals surface area contributed by atoms with Crippen molar-refractivity contribution < 1.29 is 4.74 Å². The van der Waals surface area contributed by atoms with Crippen molar-refractivity contribution in [2.24, 2.45) is 12.0 Å². The Labute approximate surface area is 172 Å². The molecule has 152 valence electrons. The van der Waals surface area contributed by atoms with E-state index in [0.29, 0.717) is 16.7 Å². The average molecular weight is 416 g/mol. The number of nitrogens with zero attached hydrogens (tertiary/aromatic N) is 3. The molecule has 1 aromatic rings. The molecule has 1 aromatic heterocycles. The highest BCUT2D eigenvalue weighted by molar-refractivity contribution is 6.41. The number of hydrogen-bond donors (Lipinski definition) is 2. The Bertz CT molecular complexity index is 649. The second-order valence-corrected chi connectivity index (χ2v) is 8.26. The summed E-state index contributed by atoms with van der Waals surface area (Å²) >= 11 is 12.3. The smallest absolute Gasteiger partial charge is 0.191 e. The van der Waals surface area contributed by atoms with Crippen LogP contribution in [0.25, 0.3) is 0 Å². The van der Waals surface area contributed by atoms with E-state index in [2.05, 4.69) is 20.5 Å². The van der Waals surface area contributed by atoms with Gasteiger partial charge in [-0.3, -0.25) is 9.89 Å². The van der Waals surface area contributed by atoms with Gasteiger partial charge in [0.15, 0.2) is 5.96 Å². The van der Waals surface area contributed by atoms with Crippen LogP contribution in [-0.2, 0) is 18.3 Å². The number of rotatable bonds is 5. The molecule has 1 saturated heterocycles. The minimum absolute atomic E-state index is 0.206. The first-order valence-electron chi connectivity index (χ1n) is 9.83. The third-order valence-corrected chi connectivity index (χ3v) is 6.77. The molecule has 2 aliphatic rings. The third kappa shape index (κ3) is 4.91. The lowest BCUT2D eigenvalue weighted by atomic mass is 9.80. The van der Waals surface area contributed by atoms with Crippen LogP contribution in [-0.4, -0.2) is 60.9 Å². The molecule has 2 heterocycles. The van der Waals surface area contributed by atoms with Crippen LogP contribution in [0.2, 0.25) is 10.2 Å². The molecule has 8 heteroatoms. The highest BCUT2D eigenvalue weighted by Gasteiger charge is 2.38. The van der Waals surface area contributed by atoms with E-state index >= 15 is 0 Å². The van der Waals surface area contributed by atoms with Crippen LogP contribution in [0.4, 0.5) is 0 Å². The van der Waals surface area contributed by atoms with Crippen LogP contribution in [0.5, 0.6) is 0 Å². The summed E-state index contributed by atoms with van der Waals surface area (Å²) < 4.78 is 7.46.